The number of ether oxygens (including phenoxy) is 1. The number of nitro groups is 1. The summed E-state index contributed by atoms with van der Waals surface area (Å²) < 4.78 is 5.31. The molecule has 6 nitrogen and oxygen atoms in total. The molecule has 0 saturated heterocycles. The molecule has 0 heterocycles. The van der Waals surface area contributed by atoms with Crippen LogP contribution in [0.15, 0.2) is 42.5 Å². The van der Waals surface area contributed by atoms with Crippen molar-refractivity contribution in [1.29, 1.82) is 0 Å². The predicted molar refractivity (Wildman–Crippen MR) is 91.1 cm³/mol. The minimum absolute atomic E-state index is 0.00391. The lowest BCUT2D eigenvalue weighted by Crippen LogP contribution is -2.13. The Kier molecular flexibility index (Phi) is 5.89. The number of hydrogen-bond donors (Lipinski definition) is 0. The molecule has 0 spiro atoms. The largest absolute Gasteiger partial charge is 0.457 e. The number of non-ortho nitro benzene ring substituents is 1. The molecule has 0 aromatic heterocycles. The van der Waals surface area contributed by atoms with Gasteiger partial charge in [0.1, 0.15) is 6.61 Å². The number of nitrogens with zero attached hydrogens (tertiary/aromatic N) is 2. The summed E-state index contributed by atoms with van der Waals surface area (Å²) in [5.74, 6) is -0.616. The monoisotopic (exact) mass is 348 g/mol. The van der Waals surface area contributed by atoms with Crippen LogP contribution in [-0.2, 0) is 17.9 Å². The molecule has 0 fully saturated rings. The SMILES string of the molecule is CN(C)Cc1ccccc1COC(=O)c1ccc([N+](=O)[O-])cc1Cl. The molecule has 0 bridgehead atoms. The van der Waals surface area contributed by atoms with Gasteiger partial charge in [-0.15, -0.1) is 0 Å². The highest BCUT2D eigenvalue weighted by molar-refractivity contribution is 6.33. The molecule has 0 radical (unpaired) electrons. The average Bonchev–Trinajstić information content (AvgIpc) is 2.53. The predicted octanol–water partition coefficient (Wildman–Crippen LogP) is 3.67. The minimum Gasteiger partial charge on any atom is -0.457 e. The van der Waals surface area contributed by atoms with Crippen molar-refractivity contribution < 1.29 is 14.5 Å². The second-order valence-electron chi connectivity index (χ2n) is 5.50. The van der Waals surface area contributed by atoms with Gasteiger partial charge in [-0.25, -0.2) is 4.79 Å². The van der Waals surface area contributed by atoms with Crippen molar-refractivity contribution in [3.8, 4) is 0 Å². The number of halogens is 1. The van der Waals surface area contributed by atoms with Gasteiger partial charge in [-0.3, -0.25) is 10.1 Å². The van der Waals surface area contributed by atoms with E-state index in [-0.39, 0.29) is 22.9 Å². The van der Waals surface area contributed by atoms with E-state index >= 15 is 0 Å². The Morgan fingerprint density at radius 2 is 1.88 bits per heavy atom. The van der Waals surface area contributed by atoms with Gasteiger partial charge in [0, 0.05) is 18.7 Å². The van der Waals surface area contributed by atoms with Gasteiger partial charge >= 0.3 is 5.97 Å². The highest BCUT2D eigenvalue weighted by Gasteiger charge is 2.16. The van der Waals surface area contributed by atoms with Crippen LogP contribution in [0.25, 0.3) is 0 Å². The van der Waals surface area contributed by atoms with Gasteiger partial charge in [-0.05, 0) is 31.3 Å². The summed E-state index contributed by atoms with van der Waals surface area (Å²) in [5, 5.41) is 10.7. The highest BCUT2D eigenvalue weighted by atomic mass is 35.5. The standard InChI is InChI=1S/C17H17ClN2O4/c1-19(2)10-12-5-3-4-6-13(12)11-24-17(21)15-8-7-14(20(22)23)9-16(15)18/h3-9H,10-11H2,1-2H3. The molecule has 0 amide bonds. The molecule has 2 aromatic carbocycles. The van der Waals surface area contributed by atoms with Crippen molar-refractivity contribution in [1.82, 2.24) is 4.90 Å². The minimum atomic E-state index is -0.616. The van der Waals surface area contributed by atoms with Crippen LogP contribution in [0.4, 0.5) is 5.69 Å². The van der Waals surface area contributed by atoms with E-state index in [1.165, 1.54) is 12.1 Å². The number of benzene rings is 2. The topological polar surface area (TPSA) is 72.7 Å². The molecule has 0 unspecified atom stereocenters. The summed E-state index contributed by atoms with van der Waals surface area (Å²) in [5.41, 5.74) is 1.89. The summed E-state index contributed by atoms with van der Waals surface area (Å²) in [7, 11) is 3.92. The van der Waals surface area contributed by atoms with Gasteiger partial charge in [0.05, 0.1) is 15.5 Å². The maximum absolute atomic E-state index is 12.2. The van der Waals surface area contributed by atoms with E-state index in [1.807, 2.05) is 43.3 Å². The van der Waals surface area contributed by atoms with Gasteiger partial charge in [0.15, 0.2) is 0 Å². The van der Waals surface area contributed by atoms with E-state index in [2.05, 4.69) is 0 Å². The summed E-state index contributed by atoms with van der Waals surface area (Å²) in [6.45, 7) is 0.835. The third kappa shape index (κ3) is 4.53. The number of carbonyl (C=O) groups excluding carboxylic acids is 1. The lowest BCUT2D eigenvalue weighted by molar-refractivity contribution is -0.384. The zero-order valence-corrected chi connectivity index (χ0v) is 14.1. The summed E-state index contributed by atoms with van der Waals surface area (Å²) >= 11 is 5.94. The Morgan fingerprint density at radius 3 is 2.46 bits per heavy atom. The van der Waals surface area contributed by atoms with E-state index in [9.17, 15) is 14.9 Å². The van der Waals surface area contributed by atoms with Crippen molar-refractivity contribution >= 4 is 23.3 Å². The maximum atomic E-state index is 12.2. The quantitative estimate of drug-likeness (QED) is 0.452. The number of rotatable bonds is 6. The molecule has 0 N–H and O–H groups in total. The fourth-order valence-electron chi connectivity index (χ4n) is 2.20. The van der Waals surface area contributed by atoms with Crippen LogP contribution in [0.3, 0.4) is 0 Å². The molecule has 7 heteroatoms. The number of carbonyl (C=O) groups is 1. The van der Waals surface area contributed by atoms with Gasteiger partial charge in [-0.1, -0.05) is 35.9 Å². The first-order valence-electron chi connectivity index (χ1n) is 7.21. The zero-order valence-electron chi connectivity index (χ0n) is 13.4. The van der Waals surface area contributed by atoms with E-state index in [0.29, 0.717) is 0 Å². The molecular weight excluding hydrogens is 332 g/mol. The maximum Gasteiger partial charge on any atom is 0.339 e. The molecule has 24 heavy (non-hydrogen) atoms. The molecule has 126 valence electrons. The third-order valence-corrected chi connectivity index (χ3v) is 3.66. The summed E-state index contributed by atoms with van der Waals surface area (Å²) in [6, 6.07) is 11.3. The zero-order chi connectivity index (χ0) is 17.7. The molecule has 2 rings (SSSR count). The second-order valence-corrected chi connectivity index (χ2v) is 5.91. The van der Waals surface area contributed by atoms with Crippen molar-refractivity contribution in [3.63, 3.8) is 0 Å². The smallest absolute Gasteiger partial charge is 0.339 e. The van der Waals surface area contributed by atoms with Crippen molar-refractivity contribution in [2.24, 2.45) is 0 Å². The first-order valence-corrected chi connectivity index (χ1v) is 7.59. The second kappa shape index (κ2) is 7.90. The van der Waals surface area contributed by atoms with E-state index < -0.39 is 10.9 Å². The molecule has 0 aliphatic carbocycles. The molecule has 2 aromatic rings. The number of hydrogen-bond acceptors (Lipinski definition) is 5. The van der Waals surface area contributed by atoms with Gasteiger partial charge in [0.25, 0.3) is 5.69 Å². The van der Waals surface area contributed by atoms with Crippen LogP contribution in [0, 0.1) is 10.1 Å². The van der Waals surface area contributed by atoms with Crippen molar-refractivity contribution in [3.05, 3.63) is 74.3 Å². The van der Waals surface area contributed by atoms with Crippen LogP contribution in [0.2, 0.25) is 5.02 Å². The van der Waals surface area contributed by atoms with Gasteiger partial charge < -0.3 is 9.64 Å². The normalized spacial score (nSPS) is 10.7. The Balaban J connectivity index is 2.10. The van der Waals surface area contributed by atoms with Gasteiger partial charge in [0.2, 0.25) is 0 Å². The first-order chi connectivity index (χ1) is 11.4. The average molecular weight is 349 g/mol. The Bertz CT molecular complexity index is 762. The summed E-state index contributed by atoms with van der Waals surface area (Å²) in [4.78, 5) is 24.3. The van der Waals surface area contributed by atoms with Crippen LogP contribution >= 0.6 is 11.6 Å². The first kappa shape index (κ1) is 17.9. The van der Waals surface area contributed by atoms with Crippen LogP contribution in [0.5, 0.6) is 0 Å². The Hall–Kier alpha value is -2.44. The van der Waals surface area contributed by atoms with E-state index in [4.69, 9.17) is 16.3 Å². The molecule has 0 aliphatic heterocycles. The fourth-order valence-corrected chi connectivity index (χ4v) is 2.45. The number of esters is 1. The molecular formula is C17H17ClN2O4. The van der Waals surface area contributed by atoms with Crippen molar-refractivity contribution in [2.75, 3.05) is 14.1 Å². The highest BCUT2D eigenvalue weighted by Crippen LogP contribution is 2.23. The molecule has 0 saturated carbocycles. The molecule has 0 atom stereocenters. The number of nitro benzene ring substituents is 1. The van der Waals surface area contributed by atoms with Crippen LogP contribution in [-0.4, -0.2) is 29.9 Å². The Morgan fingerprint density at radius 1 is 1.21 bits per heavy atom. The Labute approximate surface area is 144 Å². The van der Waals surface area contributed by atoms with Gasteiger partial charge in [-0.2, -0.15) is 0 Å². The van der Waals surface area contributed by atoms with E-state index in [1.54, 1.807) is 0 Å². The van der Waals surface area contributed by atoms with Crippen molar-refractivity contribution in [2.45, 2.75) is 13.2 Å². The fraction of sp³-hybridized carbons (Fsp3) is 0.235. The lowest BCUT2D eigenvalue weighted by atomic mass is 10.1. The molecule has 0 aliphatic rings. The summed E-state index contributed by atoms with van der Waals surface area (Å²) in [6.07, 6.45) is 0. The third-order valence-electron chi connectivity index (χ3n) is 3.35. The van der Waals surface area contributed by atoms with E-state index in [0.717, 1.165) is 23.7 Å². The van der Waals surface area contributed by atoms with Crippen LogP contribution in [0.1, 0.15) is 21.5 Å². The van der Waals surface area contributed by atoms with Crippen LogP contribution < -0.4 is 0 Å². The lowest BCUT2D eigenvalue weighted by Gasteiger charge is -2.14.